The fraction of sp³-hybridized carbons (Fsp3) is 0.547. The number of fused-ring (bicyclic) bond motifs is 3. The largest absolute Gasteiger partial charge is 0.524 e. The number of carbonyl (C=O) groups excluding carboxylic acids is 6. The Balaban J connectivity index is 1.09. The van der Waals surface area contributed by atoms with Crippen LogP contribution >= 0.6 is 7.82 Å². The number of ether oxygens (including phenoxy) is 4. The Morgan fingerprint density at radius 3 is 1.87 bits per heavy atom. The summed E-state index contributed by atoms with van der Waals surface area (Å²) >= 11 is 0. The average Bonchev–Trinajstić information content (AvgIpc) is 1.38. The molecule has 620 valence electrons. The molecule has 5 fully saturated rings. The van der Waals surface area contributed by atoms with Crippen molar-refractivity contribution in [2.75, 3.05) is 52.0 Å². The number of hydrazine groups is 1. The van der Waals surface area contributed by atoms with E-state index >= 15 is 44.7 Å². The molecule has 10 rings (SSSR count). The zero-order chi connectivity index (χ0) is 83.5. The monoisotopic (exact) mass is 1630 g/mol. The van der Waals surface area contributed by atoms with Gasteiger partial charge in [-0.1, -0.05) is 56.7 Å². The van der Waals surface area contributed by atoms with Gasteiger partial charge in [0.05, 0.1) is 81.0 Å². The van der Waals surface area contributed by atoms with Crippen molar-refractivity contribution >= 4 is 55.6 Å². The molecule has 9 atom stereocenters. The van der Waals surface area contributed by atoms with Crippen LogP contribution in [-0.4, -0.2) is 205 Å². The summed E-state index contributed by atoms with van der Waals surface area (Å²) in [7, 11) is -4.11. The van der Waals surface area contributed by atoms with E-state index in [1.807, 2.05) is 5.32 Å². The Morgan fingerprint density at radius 2 is 1.33 bits per heavy atom. The number of halogens is 10. The number of amides is 5. The molecule has 1 saturated carbocycles. The van der Waals surface area contributed by atoms with Crippen LogP contribution in [0.4, 0.5) is 59.4 Å². The van der Waals surface area contributed by atoms with Gasteiger partial charge in [-0.25, -0.2) is 47.4 Å². The van der Waals surface area contributed by atoms with Gasteiger partial charge in [0.25, 0.3) is 5.91 Å². The predicted octanol–water partition coefficient (Wildman–Crippen LogP) is 9.50. The fourth-order valence-electron chi connectivity index (χ4n) is 15.5. The standard InChI is InChI=1S/C75H89F10N12O16P/c1-40-24-46(30-59(98)97-55-13-11-10-12-44(55)29-56(97)66(102)103)61(57(25-40)113-114(106,107)108)71(2,3)31-60(99)112-58(37-94(92-65(101)63(90-70(105)110-9)73(6,7)75(83,84)85)36-50-51(76)27-45(28-52(50)77)53-22-23-95(91-53)67(78)79)54(88-64(100)62(89-69(104)109-8)72(4,5)74(80,81)82)26-42-17-14-41(15-18-42)16-19-43-32-86-68(87-33-43)93-34-47-20-21-48(35-93)96(47)49-38-111-39-49/h14-15,17-18,22-25,27-28,32-33,44,47-49,54-56,58,62-63,67H,10-13,20-21,26,29-31,34-39H2,1-9H3,(H,88,100)(H,89,104)(H,90,105)(H,92,101)(H,102,103)(H2,106,107,108)/t44-,47?,48?,54-,55-,56-,58-,62+,63+/m0/s1. The number of phosphoric ester groups is 1. The third-order valence-electron chi connectivity index (χ3n) is 21.7. The summed E-state index contributed by atoms with van der Waals surface area (Å²) in [4.78, 5) is 135. The lowest BCUT2D eigenvalue weighted by molar-refractivity contribution is -0.221. The summed E-state index contributed by atoms with van der Waals surface area (Å²) in [6, 6.07) is 2.05. The molecule has 2 unspecified atom stereocenters. The van der Waals surface area contributed by atoms with E-state index in [4.69, 9.17) is 14.0 Å². The number of methoxy groups -OCH3 is 2. The highest BCUT2D eigenvalue weighted by molar-refractivity contribution is 7.46. The highest BCUT2D eigenvalue weighted by Crippen LogP contribution is 2.48. The van der Waals surface area contributed by atoms with Gasteiger partial charge in [0.2, 0.25) is 17.8 Å². The molecule has 39 heteroatoms. The van der Waals surface area contributed by atoms with Crippen molar-refractivity contribution in [1.82, 2.24) is 55.9 Å². The molecule has 0 radical (unpaired) electrons. The number of aryl methyl sites for hydroxylation is 1. The van der Waals surface area contributed by atoms with Crippen LogP contribution in [0.1, 0.15) is 138 Å². The molecule has 4 aliphatic heterocycles. The summed E-state index contributed by atoms with van der Waals surface area (Å²) in [6.45, 7) is 2.91. The molecule has 6 heterocycles. The first kappa shape index (κ1) is 86.7. The lowest BCUT2D eigenvalue weighted by Crippen LogP contribution is -2.64. The number of phosphoric acid groups is 1. The van der Waals surface area contributed by atoms with Crippen molar-refractivity contribution in [2.45, 2.75) is 198 Å². The maximum Gasteiger partial charge on any atom is 0.524 e. The Labute approximate surface area is 648 Å². The second kappa shape index (κ2) is 34.8. The van der Waals surface area contributed by atoms with Crippen LogP contribution in [0, 0.1) is 47.1 Å². The summed E-state index contributed by atoms with van der Waals surface area (Å²) in [5.41, 5.74) is -7.69. The normalized spacial score (nSPS) is 20.0. The van der Waals surface area contributed by atoms with Crippen molar-refractivity contribution in [3.05, 3.63) is 124 Å². The first-order valence-electron chi connectivity index (χ1n) is 36.5. The minimum absolute atomic E-state index is 0.0584. The number of likely N-dealkylation sites (tertiary alicyclic amines) is 1. The zero-order valence-electron chi connectivity index (χ0n) is 63.5. The van der Waals surface area contributed by atoms with E-state index < -0.39 is 188 Å². The van der Waals surface area contributed by atoms with Crippen LogP contribution < -0.4 is 30.8 Å². The molecular formula is C75H89F10N12O16P. The molecule has 4 saturated heterocycles. The van der Waals surface area contributed by atoms with E-state index in [1.54, 1.807) is 5.32 Å². The molecule has 5 aromatic rings. The number of aliphatic carboxylic acids is 1. The number of hydrogen-bond acceptors (Lipinski definition) is 19. The summed E-state index contributed by atoms with van der Waals surface area (Å²) in [5, 5.41) is 20.6. The molecule has 28 nitrogen and oxygen atoms in total. The number of alkyl halides is 8. The molecule has 1 aliphatic carbocycles. The average molecular weight is 1640 g/mol. The van der Waals surface area contributed by atoms with E-state index in [-0.39, 0.29) is 39.3 Å². The summed E-state index contributed by atoms with van der Waals surface area (Å²) in [5.74, 6) is -4.52. The van der Waals surface area contributed by atoms with Crippen molar-refractivity contribution in [3.8, 4) is 28.8 Å². The number of anilines is 1. The Morgan fingerprint density at radius 1 is 0.754 bits per heavy atom. The van der Waals surface area contributed by atoms with E-state index in [9.17, 15) is 52.2 Å². The van der Waals surface area contributed by atoms with Crippen LogP contribution in [0.2, 0.25) is 0 Å². The molecule has 2 aromatic heterocycles. The fourth-order valence-corrected chi connectivity index (χ4v) is 15.9. The summed E-state index contributed by atoms with van der Waals surface area (Å²) < 4.78 is 192. The van der Waals surface area contributed by atoms with Crippen LogP contribution in [0.25, 0.3) is 11.3 Å². The topological polar surface area (TPSA) is 348 Å². The van der Waals surface area contributed by atoms with E-state index in [0.717, 1.165) is 51.8 Å². The van der Waals surface area contributed by atoms with Gasteiger partial charge in [-0.3, -0.25) is 39.3 Å². The van der Waals surface area contributed by atoms with Crippen LogP contribution in [0.5, 0.6) is 5.75 Å². The molecule has 5 aliphatic rings. The SMILES string of the molecule is COC(=O)N[C@H](C(=O)N[C@@H](Cc1ccc(C#Cc2cnc(N3CC4CCC(C3)N4C3COC3)nc2)cc1)[C@H](CN(Cc1c(F)cc(-c2ccn(C(F)F)n2)cc1F)NC(=O)[C@@H](NC(=O)OC)C(C)(C)C(F)(F)F)OC(=O)CC(C)(C)c1c(CC(=O)N2[C@H](C(=O)O)C[C@@H]3CCCC[C@@H]32)cc(C)cc1OP(=O)(O)O)C(C)(C)C(F)(F)F. The quantitative estimate of drug-likeness (QED) is 0.00612. The first-order chi connectivity index (χ1) is 53.4. The lowest BCUT2D eigenvalue weighted by atomic mass is 9.77. The maximum atomic E-state index is 17.0. The minimum atomic E-state index is -5.60. The zero-order valence-corrected chi connectivity index (χ0v) is 64.4. The highest BCUT2D eigenvalue weighted by Gasteiger charge is 2.58. The Bertz CT molecular complexity index is 4460. The third-order valence-corrected chi connectivity index (χ3v) is 22.2. The molecule has 2 bridgehead atoms. The van der Waals surface area contributed by atoms with Gasteiger partial charge in [0.1, 0.15) is 41.6 Å². The van der Waals surface area contributed by atoms with Gasteiger partial charge in [-0.15, -0.1) is 0 Å². The number of esters is 1. The molecule has 7 N–H and O–H groups in total. The number of rotatable bonds is 28. The van der Waals surface area contributed by atoms with Gasteiger partial charge in [-0.2, -0.15) is 40.2 Å². The minimum Gasteiger partial charge on any atom is -0.480 e. The van der Waals surface area contributed by atoms with Gasteiger partial charge in [0.15, 0.2) is 0 Å². The number of alkyl carbamates (subject to hydrolysis) is 2. The molecule has 114 heavy (non-hydrogen) atoms. The van der Waals surface area contributed by atoms with E-state index in [0.29, 0.717) is 126 Å². The number of nitrogens with zero attached hydrogens (tertiary/aromatic N) is 8. The lowest BCUT2D eigenvalue weighted by Gasteiger charge is -2.47. The molecule has 0 spiro atoms. The smallest absolute Gasteiger partial charge is 0.480 e. The van der Waals surface area contributed by atoms with Crippen molar-refractivity contribution in [3.63, 3.8) is 0 Å². The number of carboxylic acids is 1. The number of carboxylic acid groups (broad SMARTS) is 1. The van der Waals surface area contributed by atoms with Crippen LogP contribution in [-0.2, 0) is 72.3 Å². The maximum absolute atomic E-state index is 17.0. The van der Waals surface area contributed by atoms with Crippen molar-refractivity contribution < 1.29 is 120 Å². The Hall–Kier alpha value is -9.67. The van der Waals surface area contributed by atoms with Crippen LogP contribution in [0.15, 0.2) is 73.2 Å². The highest BCUT2D eigenvalue weighted by atomic mass is 31.2. The van der Waals surface area contributed by atoms with Crippen molar-refractivity contribution in [1.29, 1.82) is 0 Å². The van der Waals surface area contributed by atoms with Gasteiger partial charge in [0, 0.05) is 84.0 Å². The number of hydrogen-bond donors (Lipinski definition) is 7. The molecule has 3 aromatic carbocycles. The van der Waals surface area contributed by atoms with E-state index in [1.165, 1.54) is 68.4 Å². The number of benzene rings is 3. The molecular weight excluding hydrogens is 1550 g/mol. The van der Waals surface area contributed by atoms with Gasteiger partial charge >= 0.3 is 50.8 Å². The summed E-state index contributed by atoms with van der Waals surface area (Å²) in [6.07, 6.45) is -10.3. The van der Waals surface area contributed by atoms with E-state index in [2.05, 4.69) is 56.9 Å². The van der Waals surface area contributed by atoms with Crippen molar-refractivity contribution in [2.24, 2.45) is 16.7 Å². The van der Waals surface area contributed by atoms with Crippen LogP contribution in [0.3, 0.4) is 0 Å². The van der Waals surface area contributed by atoms with Gasteiger partial charge in [-0.05, 0) is 132 Å². The Kier molecular flexibility index (Phi) is 26.5. The molecule has 5 amide bonds. The number of aromatic nitrogens is 4. The third kappa shape index (κ3) is 20.2. The predicted molar refractivity (Wildman–Crippen MR) is 385 cm³/mol. The number of nitrogens with one attached hydrogen (secondary N) is 4. The second-order valence-electron chi connectivity index (χ2n) is 30.9. The second-order valence-corrected chi connectivity index (χ2v) is 32.1. The van der Waals surface area contributed by atoms with Gasteiger partial charge < -0.3 is 54.3 Å². The number of piperazine rings is 1. The number of carbonyl (C=O) groups is 7. The first-order valence-corrected chi connectivity index (χ1v) is 38.0.